The number of thiazole rings is 1. The van der Waals surface area contributed by atoms with Gasteiger partial charge < -0.3 is 5.73 Å². The van der Waals surface area contributed by atoms with Gasteiger partial charge in [0.05, 0.1) is 12.2 Å². The van der Waals surface area contributed by atoms with Crippen molar-refractivity contribution in [2.24, 2.45) is 5.73 Å². The molecule has 1 aliphatic carbocycles. The number of nitrogens with two attached hydrogens (primary N) is 1. The van der Waals surface area contributed by atoms with Crippen LogP contribution in [0.5, 0.6) is 0 Å². The first-order valence-corrected chi connectivity index (χ1v) is 7.38. The van der Waals surface area contributed by atoms with Crippen molar-refractivity contribution in [3.05, 3.63) is 40.5 Å². The number of hydrogen-bond donors (Lipinski definition) is 1. The second-order valence-corrected chi connectivity index (χ2v) is 5.72. The molecule has 0 saturated heterocycles. The molecule has 0 atom stereocenters. The Kier molecular flexibility index (Phi) is 2.43. The molecule has 96 valence electrons. The van der Waals surface area contributed by atoms with Gasteiger partial charge in [0.2, 0.25) is 4.96 Å². The number of fused-ring (bicyclic) bond motifs is 2. The summed E-state index contributed by atoms with van der Waals surface area (Å²) >= 11 is 1.61. The van der Waals surface area contributed by atoms with Crippen LogP contribution >= 0.6 is 11.3 Å². The van der Waals surface area contributed by atoms with E-state index in [1.165, 1.54) is 36.0 Å². The third-order valence-corrected chi connectivity index (χ3v) is 4.52. The summed E-state index contributed by atoms with van der Waals surface area (Å²) < 4.78 is 1.91. The van der Waals surface area contributed by atoms with Crippen molar-refractivity contribution in [2.75, 3.05) is 0 Å². The first-order chi connectivity index (χ1) is 9.35. The third-order valence-electron chi connectivity index (χ3n) is 3.70. The van der Waals surface area contributed by atoms with Crippen LogP contribution in [-0.2, 0) is 19.4 Å². The maximum Gasteiger partial charge on any atom is 0.212 e. The van der Waals surface area contributed by atoms with Crippen molar-refractivity contribution in [2.45, 2.75) is 25.8 Å². The van der Waals surface area contributed by atoms with Gasteiger partial charge in [-0.3, -0.25) is 0 Å². The molecule has 0 bridgehead atoms. The van der Waals surface area contributed by atoms with E-state index in [-0.39, 0.29) is 0 Å². The van der Waals surface area contributed by atoms with E-state index in [0.717, 1.165) is 10.7 Å². The highest BCUT2D eigenvalue weighted by Gasteiger charge is 2.15. The fourth-order valence-corrected chi connectivity index (χ4v) is 3.59. The zero-order valence-corrected chi connectivity index (χ0v) is 11.3. The van der Waals surface area contributed by atoms with E-state index < -0.39 is 0 Å². The quantitative estimate of drug-likeness (QED) is 0.778. The number of rotatable bonds is 2. The Morgan fingerprint density at radius 1 is 1.26 bits per heavy atom. The highest BCUT2D eigenvalue weighted by Crippen LogP contribution is 2.30. The van der Waals surface area contributed by atoms with Crippen LogP contribution in [0.15, 0.2) is 23.6 Å². The van der Waals surface area contributed by atoms with Crippen molar-refractivity contribution >= 4 is 16.3 Å². The Morgan fingerprint density at radius 2 is 2.16 bits per heavy atom. The first-order valence-electron chi connectivity index (χ1n) is 6.50. The number of aromatic nitrogens is 3. The predicted molar refractivity (Wildman–Crippen MR) is 76.2 cm³/mol. The van der Waals surface area contributed by atoms with Crippen molar-refractivity contribution < 1.29 is 0 Å². The summed E-state index contributed by atoms with van der Waals surface area (Å²) in [5.41, 5.74) is 10.9. The average Bonchev–Trinajstić information content (AvgIpc) is 3.12. The minimum Gasteiger partial charge on any atom is -0.324 e. The lowest BCUT2D eigenvalue weighted by molar-refractivity contribution is 0.876. The number of benzene rings is 1. The van der Waals surface area contributed by atoms with E-state index in [9.17, 15) is 0 Å². The summed E-state index contributed by atoms with van der Waals surface area (Å²) in [4.78, 5) is 5.31. The maximum atomic E-state index is 5.60. The van der Waals surface area contributed by atoms with Crippen LogP contribution in [-0.4, -0.2) is 14.6 Å². The van der Waals surface area contributed by atoms with E-state index in [2.05, 4.69) is 33.7 Å². The minimum absolute atomic E-state index is 0.387. The molecule has 0 spiro atoms. The highest BCUT2D eigenvalue weighted by atomic mass is 32.1. The standard InChI is InChI=1S/C14H14N4S/c15-7-13-16-14-18(17-13)12(8-19-14)11-5-4-9-2-1-3-10(9)6-11/h4-6,8H,1-3,7,15H2. The molecule has 0 unspecified atom stereocenters. The zero-order chi connectivity index (χ0) is 12.8. The molecule has 0 aliphatic heterocycles. The van der Waals surface area contributed by atoms with Crippen LogP contribution in [0.2, 0.25) is 0 Å². The predicted octanol–water partition coefficient (Wildman–Crippen LogP) is 2.41. The zero-order valence-electron chi connectivity index (χ0n) is 10.5. The molecule has 4 nitrogen and oxygen atoms in total. The highest BCUT2D eigenvalue weighted by molar-refractivity contribution is 7.15. The van der Waals surface area contributed by atoms with Gasteiger partial charge in [-0.15, -0.1) is 16.4 Å². The summed E-state index contributed by atoms with van der Waals surface area (Å²) in [5, 5.41) is 6.57. The molecule has 3 aromatic rings. The Balaban J connectivity index is 1.87. The fraction of sp³-hybridized carbons (Fsp3) is 0.286. The summed E-state index contributed by atoms with van der Waals surface area (Å²) in [6.07, 6.45) is 3.69. The molecule has 1 aliphatic rings. The van der Waals surface area contributed by atoms with Gasteiger partial charge in [-0.1, -0.05) is 12.1 Å². The number of aryl methyl sites for hydroxylation is 2. The molecule has 0 amide bonds. The third kappa shape index (κ3) is 1.69. The van der Waals surface area contributed by atoms with Gasteiger partial charge in [0, 0.05) is 10.9 Å². The van der Waals surface area contributed by atoms with Gasteiger partial charge in [-0.05, 0) is 36.5 Å². The lowest BCUT2D eigenvalue weighted by Gasteiger charge is -2.03. The van der Waals surface area contributed by atoms with Crippen LogP contribution in [0.4, 0.5) is 0 Å². The average molecular weight is 270 g/mol. The van der Waals surface area contributed by atoms with Crippen LogP contribution in [0.3, 0.4) is 0 Å². The van der Waals surface area contributed by atoms with E-state index in [1.807, 2.05) is 4.52 Å². The van der Waals surface area contributed by atoms with E-state index >= 15 is 0 Å². The topological polar surface area (TPSA) is 56.2 Å². The van der Waals surface area contributed by atoms with Crippen molar-refractivity contribution in [3.8, 4) is 11.3 Å². The minimum atomic E-state index is 0.387. The molecular weight excluding hydrogens is 256 g/mol. The van der Waals surface area contributed by atoms with Gasteiger partial charge in [0.15, 0.2) is 5.82 Å². The molecule has 4 rings (SSSR count). The monoisotopic (exact) mass is 270 g/mol. The van der Waals surface area contributed by atoms with Crippen LogP contribution in [0.1, 0.15) is 23.4 Å². The molecule has 1 aromatic carbocycles. The molecule has 2 N–H and O–H groups in total. The second-order valence-electron chi connectivity index (χ2n) is 4.88. The summed E-state index contributed by atoms with van der Waals surface area (Å²) in [5.74, 6) is 0.703. The van der Waals surface area contributed by atoms with E-state index in [4.69, 9.17) is 5.73 Å². The normalized spacial score (nSPS) is 14.2. The van der Waals surface area contributed by atoms with Gasteiger partial charge >= 0.3 is 0 Å². The molecule has 2 aromatic heterocycles. The van der Waals surface area contributed by atoms with Crippen LogP contribution in [0.25, 0.3) is 16.2 Å². The Hall–Kier alpha value is -1.72. The first kappa shape index (κ1) is 11.1. The molecule has 0 radical (unpaired) electrons. The largest absolute Gasteiger partial charge is 0.324 e. The molecule has 19 heavy (non-hydrogen) atoms. The smallest absolute Gasteiger partial charge is 0.212 e. The van der Waals surface area contributed by atoms with Gasteiger partial charge in [0.25, 0.3) is 0 Å². The summed E-state index contributed by atoms with van der Waals surface area (Å²) in [6.45, 7) is 0.387. The molecule has 0 saturated carbocycles. The van der Waals surface area contributed by atoms with Crippen molar-refractivity contribution in [1.29, 1.82) is 0 Å². The fourth-order valence-electron chi connectivity index (χ4n) is 2.74. The molecule has 5 heteroatoms. The van der Waals surface area contributed by atoms with Gasteiger partial charge in [0.1, 0.15) is 0 Å². The van der Waals surface area contributed by atoms with Gasteiger partial charge in [-0.2, -0.15) is 0 Å². The summed E-state index contributed by atoms with van der Waals surface area (Å²) in [7, 11) is 0. The second kappa shape index (κ2) is 4.15. The van der Waals surface area contributed by atoms with E-state index in [0.29, 0.717) is 12.4 Å². The number of nitrogens with zero attached hydrogens (tertiary/aromatic N) is 3. The Labute approximate surface area is 114 Å². The number of hydrogen-bond acceptors (Lipinski definition) is 4. The van der Waals surface area contributed by atoms with Crippen LogP contribution < -0.4 is 5.73 Å². The lowest BCUT2D eigenvalue weighted by atomic mass is 10.1. The van der Waals surface area contributed by atoms with Gasteiger partial charge in [-0.25, -0.2) is 9.50 Å². The maximum absolute atomic E-state index is 5.60. The molecule has 0 fully saturated rings. The van der Waals surface area contributed by atoms with Crippen LogP contribution in [0, 0.1) is 0 Å². The van der Waals surface area contributed by atoms with E-state index in [1.54, 1.807) is 11.3 Å². The lowest BCUT2D eigenvalue weighted by Crippen LogP contribution is -1.99. The molecule has 2 heterocycles. The van der Waals surface area contributed by atoms with Crippen molar-refractivity contribution in [1.82, 2.24) is 14.6 Å². The molecular formula is C14H14N4S. The Morgan fingerprint density at radius 3 is 3.05 bits per heavy atom. The van der Waals surface area contributed by atoms with Crippen molar-refractivity contribution in [3.63, 3.8) is 0 Å². The SMILES string of the molecule is NCc1nc2scc(-c3ccc4c(c3)CCC4)n2n1. The summed E-state index contributed by atoms with van der Waals surface area (Å²) in [6, 6.07) is 6.74. The Bertz CT molecular complexity index is 756.